The number of nitrogens with zero attached hydrogens (tertiary/aromatic N) is 3. The number of fused-ring (bicyclic) bond motifs is 1. The Kier molecular flexibility index (Phi) is 4.20. The van der Waals surface area contributed by atoms with Crippen molar-refractivity contribution in [3.05, 3.63) is 24.3 Å². The minimum Gasteiger partial charge on any atom is -0.357 e. The Morgan fingerprint density at radius 2 is 1.86 bits per heavy atom. The Hall–Kier alpha value is -2.05. The van der Waals surface area contributed by atoms with Crippen molar-refractivity contribution in [2.24, 2.45) is 0 Å². The summed E-state index contributed by atoms with van der Waals surface area (Å²) in [4.78, 5) is 9.73. The SMILES string of the molecule is CNc1nc(N(CC(F)(F)F)C(C)C)c2ccccc2n1. The number of nitrogens with one attached hydrogen (secondary N) is 1. The van der Waals surface area contributed by atoms with Gasteiger partial charge in [0.1, 0.15) is 12.4 Å². The van der Waals surface area contributed by atoms with Gasteiger partial charge in [-0.05, 0) is 26.0 Å². The van der Waals surface area contributed by atoms with Gasteiger partial charge < -0.3 is 10.2 Å². The van der Waals surface area contributed by atoms with E-state index >= 15 is 0 Å². The molecule has 2 aromatic rings. The van der Waals surface area contributed by atoms with Crippen molar-refractivity contribution in [2.75, 3.05) is 23.8 Å². The smallest absolute Gasteiger partial charge is 0.357 e. The Labute approximate surface area is 121 Å². The highest BCUT2D eigenvalue weighted by atomic mass is 19.4. The van der Waals surface area contributed by atoms with Gasteiger partial charge in [0.2, 0.25) is 5.95 Å². The zero-order valence-electron chi connectivity index (χ0n) is 12.1. The monoisotopic (exact) mass is 298 g/mol. The summed E-state index contributed by atoms with van der Waals surface area (Å²) in [6.45, 7) is 2.37. The van der Waals surface area contributed by atoms with Gasteiger partial charge in [-0.25, -0.2) is 4.98 Å². The highest BCUT2D eigenvalue weighted by molar-refractivity contribution is 5.90. The lowest BCUT2D eigenvalue weighted by molar-refractivity contribution is -0.120. The molecule has 7 heteroatoms. The highest BCUT2D eigenvalue weighted by Gasteiger charge is 2.33. The van der Waals surface area contributed by atoms with Crippen LogP contribution in [0.3, 0.4) is 0 Å². The summed E-state index contributed by atoms with van der Waals surface area (Å²) in [7, 11) is 1.64. The largest absolute Gasteiger partial charge is 0.405 e. The summed E-state index contributed by atoms with van der Waals surface area (Å²) >= 11 is 0. The van der Waals surface area contributed by atoms with Crippen LogP contribution >= 0.6 is 0 Å². The molecule has 0 aliphatic carbocycles. The number of para-hydroxylation sites is 1. The lowest BCUT2D eigenvalue weighted by Gasteiger charge is -2.29. The lowest BCUT2D eigenvalue weighted by Crippen LogP contribution is -2.40. The maximum absolute atomic E-state index is 12.8. The van der Waals surface area contributed by atoms with Crippen LogP contribution in [0.5, 0.6) is 0 Å². The lowest BCUT2D eigenvalue weighted by atomic mass is 10.2. The third-order valence-corrected chi connectivity index (χ3v) is 3.05. The maximum Gasteiger partial charge on any atom is 0.405 e. The normalized spacial score (nSPS) is 12.0. The van der Waals surface area contributed by atoms with E-state index in [0.717, 1.165) is 0 Å². The summed E-state index contributed by atoms with van der Waals surface area (Å²) < 4.78 is 38.5. The van der Waals surface area contributed by atoms with Gasteiger partial charge in [-0.3, -0.25) is 0 Å². The number of alkyl halides is 3. The van der Waals surface area contributed by atoms with Crippen LogP contribution in [0.15, 0.2) is 24.3 Å². The van der Waals surface area contributed by atoms with Crippen LogP contribution in [-0.4, -0.2) is 35.8 Å². The van der Waals surface area contributed by atoms with E-state index in [1.54, 1.807) is 45.2 Å². The fraction of sp³-hybridized carbons (Fsp3) is 0.429. The molecule has 0 saturated heterocycles. The molecule has 0 aliphatic heterocycles. The number of halogens is 3. The quantitative estimate of drug-likeness (QED) is 0.938. The van der Waals surface area contributed by atoms with E-state index in [4.69, 9.17) is 0 Å². The van der Waals surface area contributed by atoms with Crippen molar-refractivity contribution in [3.8, 4) is 0 Å². The van der Waals surface area contributed by atoms with Gasteiger partial charge in [-0.2, -0.15) is 18.2 Å². The third-order valence-electron chi connectivity index (χ3n) is 3.05. The van der Waals surface area contributed by atoms with Crippen LogP contribution in [0.4, 0.5) is 24.9 Å². The van der Waals surface area contributed by atoms with Crippen LogP contribution in [-0.2, 0) is 0 Å². The first kappa shape index (κ1) is 15.3. The first-order valence-electron chi connectivity index (χ1n) is 6.60. The standard InChI is InChI=1S/C14H17F3N4/c1-9(2)21(8-14(15,16)17)12-10-6-4-5-7-11(10)19-13(18-3)20-12/h4-7,9H,8H2,1-3H3,(H,18,19,20). The number of hydrogen-bond donors (Lipinski definition) is 1. The molecule has 2 rings (SSSR count). The molecule has 0 saturated carbocycles. The number of hydrogen-bond acceptors (Lipinski definition) is 4. The van der Waals surface area contributed by atoms with Gasteiger partial charge in [0.05, 0.1) is 5.52 Å². The van der Waals surface area contributed by atoms with E-state index in [1.807, 2.05) is 0 Å². The molecule has 21 heavy (non-hydrogen) atoms. The molecule has 0 amide bonds. The summed E-state index contributed by atoms with van der Waals surface area (Å²) in [5.41, 5.74) is 0.611. The first-order chi connectivity index (χ1) is 9.81. The first-order valence-corrected chi connectivity index (χ1v) is 6.60. The molecule has 0 atom stereocenters. The zero-order valence-corrected chi connectivity index (χ0v) is 12.1. The van der Waals surface area contributed by atoms with Crippen LogP contribution in [0.25, 0.3) is 10.9 Å². The molecule has 1 aromatic carbocycles. The molecule has 0 aliphatic rings. The summed E-state index contributed by atoms with van der Waals surface area (Å²) in [5, 5.41) is 3.39. The summed E-state index contributed by atoms with van der Waals surface area (Å²) in [6, 6.07) is 6.71. The molecule has 0 spiro atoms. The summed E-state index contributed by atoms with van der Waals surface area (Å²) in [6.07, 6.45) is -4.30. The maximum atomic E-state index is 12.8. The summed E-state index contributed by atoms with van der Waals surface area (Å²) in [5.74, 6) is 0.591. The van der Waals surface area contributed by atoms with E-state index in [2.05, 4.69) is 15.3 Å². The van der Waals surface area contributed by atoms with Crippen LogP contribution in [0.1, 0.15) is 13.8 Å². The zero-order chi connectivity index (χ0) is 15.6. The molecule has 0 fully saturated rings. The second kappa shape index (κ2) is 5.75. The minimum absolute atomic E-state index is 0.289. The molecule has 1 N–H and O–H groups in total. The topological polar surface area (TPSA) is 41.1 Å². The van der Waals surface area contributed by atoms with Crippen LogP contribution in [0.2, 0.25) is 0 Å². The fourth-order valence-electron chi connectivity index (χ4n) is 2.09. The Bertz CT molecular complexity index is 625. The van der Waals surface area contributed by atoms with Gasteiger partial charge in [0.25, 0.3) is 0 Å². The van der Waals surface area contributed by atoms with Crippen molar-refractivity contribution in [3.63, 3.8) is 0 Å². The Balaban J connectivity index is 2.60. The van der Waals surface area contributed by atoms with Gasteiger partial charge in [0, 0.05) is 18.5 Å². The second-order valence-corrected chi connectivity index (χ2v) is 4.97. The molecule has 114 valence electrons. The molecular formula is C14H17F3N4. The molecular weight excluding hydrogens is 281 g/mol. The second-order valence-electron chi connectivity index (χ2n) is 4.97. The van der Waals surface area contributed by atoms with Gasteiger partial charge in [0.15, 0.2) is 0 Å². The minimum atomic E-state index is -4.30. The Morgan fingerprint density at radius 3 is 2.43 bits per heavy atom. The number of aromatic nitrogens is 2. The van der Waals surface area contributed by atoms with Crippen LogP contribution < -0.4 is 10.2 Å². The molecule has 0 radical (unpaired) electrons. The predicted octanol–water partition coefficient (Wildman–Crippen LogP) is 3.45. The van der Waals surface area contributed by atoms with Crippen molar-refractivity contribution in [1.82, 2.24) is 9.97 Å². The third kappa shape index (κ3) is 3.53. The molecule has 4 nitrogen and oxygen atoms in total. The van der Waals surface area contributed by atoms with Gasteiger partial charge >= 0.3 is 6.18 Å². The van der Waals surface area contributed by atoms with E-state index < -0.39 is 12.7 Å². The molecule has 0 unspecified atom stereocenters. The van der Waals surface area contributed by atoms with Gasteiger partial charge in [-0.15, -0.1) is 0 Å². The van der Waals surface area contributed by atoms with E-state index in [0.29, 0.717) is 16.9 Å². The van der Waals surface area contributed by atoms with Crippen molar-refractivity contribution in [2.45, 2.75) is 26.1 Å². The van der Waals surface area contributed by atoms with Gasteiger partial charge in [-0.1, -0.05) is 12.1 Å². The van der Waals surface area contributed by atoms with E-state index in [9.17, 15) is 13.2 Å². The predicted molar refractivity (Wildman–Crippen MR) is 77.6 cm³/mol. The molecule has 1 heterocycles. The average Bonchev–Trinajstić information content (AvgIpc) is 2.42. The van der Waals surface area contributed by atoms with E-state index in [1.165, 1.54) is 4.90 Å². The number of benzene rings is 1. The van der Waals surface area contributed by atoms with E-state index in [-0.39, 0.29) is 11.9 Å². The van der Waals surface area contributed by atoms with Crippen molar-refractivity contribution >= 4 is 22.7 Å². The van der Waals surface area contributed by atoms with Crippen molar-refractivity contribution in [1.29, 1.82) is 0 Å². The fourth-order valence-corrected chi connectivity index (χ4v) is 2.09. The number of anilines is 2. The number of rotatable bonds is 4. The average molecular weight is 298 g/mol. The van der Waals surface area contributed by atoms with Crippen molar-refractivity contribution < 1.29 is 13.2 Å². The van der Waals surface area contributed by atoms with Crippen LogP contribution in [0, 0.1) is 0 Å². The molecule has 0 bridgehead atoms. The highest BCUT2D eigenvalue weighted by Crippen LogP contribution is 2.29. The molecule has 1 aromatic heterocycles. The Morgan fingerprint density at radius 1 is 1.19 bits per heavy atom.